The summed E-state index contributed by atoms with van der Waals surface area (Å²) in [6.45, 7) is 2.82. The Morgan fingerprint density at radius 3 is 2.19 bits per heavy atom. The van der Waals surface area contributed by atoms with Crippen LogP contribution in [0, 0.1) is 0 Å². The number of thiophene rings is 1. The highest BCUT2D eigenvalue weighted by Crippen LogP contribution is 2.30. The van der Waals surface area contributed by atoms with Crippen LogP contribution in [0.4, 0.5) is 18.0 Å². The van der Waals surface area contributed by atoms with Gasteiger partial charge in [-0.15, -0.1) is 11.3 Å². The van der Waals surface area contributed by atoms with Crippen molar-refractivity contribution >= 4 is 23.3 Å². The van der Waals surface area contributed by atoms with Gasteiger partial charge in [-0.25, -0.2) is 4.79 Å². The number of carbonyl (C=O) groups is 2. The largest absolute Gasteiger partial charge is 0.401 e. The number of nitrogens with zero attached hydrogens (tertiary/aromatic N) is 4. The lowest BCUT2D eigenvalue weighted by Gasteiger charge is -2.28. The third kappa shape index (κ3) is 6.03. The highest BCUT2D eigenvalue weighted by atomic mass is 32.1. The molecule has 4 rings (SSSR count). The summed E-state index contributed by atoms with van der Waals surface area (Å²) >= 11 is 1.46. The van der Waals surface area contributed by atoms with Crippen LogP contribution < -0.4 is 0 Å². The number of benzene rings is 1. The molecule has 3 amide bonds. The Kier molecular flexibility index (Phi) is 7.94. The Labute approximate surface area is 214 Å². The van der Waals surface area contributed by atoms with Gasteiger partial charge >= 0.3 is 12.2 Å². The smallest absolute Gasteiger partial charge is 0.336 e. The minimum Gasteiger partial charge on any atom is -0.336 e. The summed E-state index contributed by atoms with van der Waals surface area (Å²) < 4.78 is 38.2. The quantitative estimate of drug-likeness (QED) is 0.547. The number of urea groups is 1. The minimum absolute atomic E-state index is 0.0641. The number of aryl methyl sites for hydroxylation is 1. The van der Waals surface area contributed by atoms with Crippen molar-refractivity contribution in [2.24, 2.45) is 0 Å². The van der Waals surface area contributed by atoms with Gasteiger partial charge in [-0.05, 0) is 49.6 Å². The molecule has 0 N–H and O–H groups in total. The Morgan fingerprint density at radius 2 is 1.58 bits per heavy atom. The van der Waals surface area contributed by atoms with Crippen LogP contribution in [0.3, 0.4) is 0 Å². The molecule has 10 heteroatoms. The second kappa shape index (κ2) is 10.8. The van der Waals surface area contributed by atoms with E-state index >= 15 is 0 Å². The van der Waals surface area contributed by atoms with Crippen molar-refractivity contribution in [1.82, 2.24) is 19.6 Å². The summed E-state index contributed by atoms with van der Waals surface area (Å²) in [5, 5.41) is 0. The summed E-state index contributed by atoms with van der Waals surface area (Å²) in [7, 11) is 3.23. The number of hydrogen-bond acceptors (Lipinski definition) is 4. The Morgan fingerprint density at radius 1 is 0.972 bits per heavy atom. The SMILES string of the molecule is CCc1ccc(-c2ccc(C(=O)N(C)[C@H]3CCN(C(=O)N4CC[C@@H](N(C)CC(F)(F)F)C4)C3)s2)cc1. The predicted molar refractivity (Wildman–Crippen MR) is 135 cm³/mol. The first-order valence-electron chi connectivity index (χ1n) is 12.3. The topological polar surface area (TPSA) is 47.1 Å². The number of carbonyl (C=O) groups excluding carboxylic acids is 2. The lowest BCUT2D eigenvalue weighted by Crippen LogP contribution is -2.45. The third-order valence-electron chi connectivity index (χ3n) is 7.25. The number of halogens is 3. The molecule has 196 valence electrons. The van der Waals surface area contributed by atoms with Gasteiger partial charge in [0.25, 0.3) is 5.91 Å². The normalized spacial score (nSPS) is 20.4. The van der Waals surface area contributed by atoms with Crippen molar-refractivity contribution in [2.75, 3.05) is 46.8 Å². The molecule has 0 saturated carbocycles. The highest BCUT2D eigenvalue weighted by Gasteiger charge is 2.39. The Bertz CT molecular complexity index is 1070. The Hall–Kier alpha value is -2.59. The van der Waals surface area contributed by atoms with Crippen LogP contribution in [0.2, 0.25) is 0 Å². The van der Waals surface area contributed by atoms with E-state index in [0.29, 0.717) is 43.9 Å². The standard InChI is InChI=1S/C26H33F3N4O2S/c1-4-18-5-7-19(8-6-18)22-9-10-23(36-22)24(34)31(3)21-12-14-33(16-21)25(35)32-13-11-20(15-32)30(2)17-26(27,28)29/h5-10,20-21H,4,11-17H2,1-3H3/t20-,21+/m1/s1. The molecule has 0 aliphatic carbocycles. The summed E-state index contributed by atoms with van der Waals surface area (Å²) in [6, 6.07) is 11.6. The second-order valence-corrected chi connectivity index (χ2v) is 10.8. The number of rotatable bonds is 6. The van der Waals surface area contributed by atoms with Gasteiger partial charge in [-0.1, -0.05) is 31.2 Å². The number of likely N-dealkylation sites (tertiary alicyclic amines) is 2. The van der Waals surface area contributed by atoms with Crippen molar-refractivity contribution < 1.29 is 22.8 Å². The third-order valence-corrected chi connectivity index (χ3v) is 8.37. The molecule has 0 unspecified atom stereocenters. The summed E-state index contributed by atoms with van der Waals surface area (Å²) in [4.78, 5) is 34.2. The summed E-state index contributed by atoms with van der Waals surface area (Å²) in [5.41, 5.74) is 2.35. The first-order chi connectivity index (χ1) is 17.1. The molecule has 2 fully saturated rings. The van der Waals surface area contributed by atoms with Gasteiger partial charge < -0.3 is 14.7 Å². The van der Waals surface area contributed by atoms with Gasteiger partial charge in [-0.2, -0.15) is 13.2 Å². The fraction of sp³-hybridized carbons (Fsp3) is 0.538. The van der Waals surface area contributed by atoms with E-state index in [0.717, 1.165) is 16.9 Å². The molecule has 1 aromatic heterocycles. The molecule has 6 nitrogen and oxygen atoms in total. The van der Waals surface area contributed by atoms with Crippen molar-refractivity contribution in [3.8, 4) is 10.4 Å². The van der Waals surface area contributed by atoms with Crippen LogP contribution in [-0.2, 0) is 6.42 Å². The van der Waals surface area contributed by atoms with E-state index in [-0.39, 0.29) is 24.0 Å². The molecule has 0 spiro atoms. The minimum atomic E-state index is -4.26. The highest BCUT2D eigenvalue weighted by molar-refractivity contribution is 7.17. The van der Waals surface area contributed by atoms with Crippen LogP contribution in [-0.4, -0.2) is 96.6 Å². The van der Waals surface area contributed by atoms with Gasteiger partial charge in [0.1, 0.15) is 0 Å². The molecule has 0 bridgehead atoms. The van der Waals surface area contributed by atoms with Crippen molar-refractivity contribution in [3.63, 3.8) is 0 Å². The van der Waals surface area contributed by atoms with E-state index in [4.69, 9.17) is 0 Å². The van der Waals surface area contributed by atoms with Crippen molar-refractivity contribution in [2.45, 2.75) is 44.4 Å². The molecule has 2 aromatic rings. The van der Waals surface area contributed by atoms with Gasteiger partial charge in [0.05, 0.1) is 17.5 Å². The average molecular weight is 523 g/mol. The van der Waals surface area contributed by atoms with Gasteiger partial charge in [0, 0.05) is 44.1 Å². The average Bonchev–Trinajstić information content (AvgIpc) is 3.62. The first kappa shape index (κ1) is 26.5. The van der Waals surface area contributed by atoms with Gasteiger partial charge in [-0.3, -0.25) is 9.69 Å². The number of hydrogen-bond donors (Lipinski definition) is 0. The zero-order valence-electron chi connectivity index (χ0n) is 20.9. The van der Waals surface area contributed by atoms with E-state index in [2.05, 4.69) is 31.2 Å². The van der Waals surface area contributed by atoms with Crippen LogP contribution in [0.15, 0.2) is 36.4 Å². The molecule has 1 aromatic carbocycles. The van der Waals surface area contributed by atoms with Crippen molar-refractivity contribution in [1.29, 1.82) is 0 Å². The maximum absolute atomic E-state index is 13.2. The number of amides is 3. The van der Waals surface area contributed by atoms with E-state index in [1.54, 1.807) is 21.7 Å². The maximum atomic E-state index is 13.2. The van der Waals surface area contributed by atoms with E-state index < -0.39 is 12.7 Å². The predicted octanol–water partition coefficient (Wildman–Crippen LogP) is 4.81. The monoisotopic (exact) mass is 522 g/mol. The van der Waals surface area contributed by atoms with Gasteiger partial charge in [0.15, 0.2) is 0 Å². The molecular weight excluding hydrogens is 489 g/mol. The second-order valence-electron chi connectivity index (χ2n) is 9.72. The van der Waals surface area contributed by atoms with E-state index in [9.17, 15) is 22.8 Å². The Balaban J connectivity index is 1.31. The fourth-order valence-corrected chi connectivity index (χ4v) is 5.97. The summed E-state index contributed by atoms with van der Waals surface area (Å²) in [5.74, 6) is -0.0641. The van der Waals surface area contributed by atoms with Crippen LogP contribution in [0.5, 0.6) is 0 Å². The number of likely N-dealkylation sites (N-methyl/N-ethyl adjacent to an activating group) is 2. The fourth-order valence-electron chi connectivity index (χ4n) is 4.97. The molecule has 2 atom stereocenters. The van der Waals surface area contributed by atoms with Crippen molar-refractivity contribution in [3.05, 3.63) is 46.8 Å². The maximum Gasteiger partial charge on any atom is 0.401 e. The molecule has 36 heavy (non-hydrogen) atoms. The first-order valence-corrected chi connectivity index (χ1v) is 13.1. The van der Waals surface area contributed by atoms with Crippen LogP contribution >= 0.6 is 11.3 Å². The summed E-state index contributed by atoms with van der Waals surface area (Å²) in [6.07, 6.45) is -2.08. The molecule has 2 aliphatic rings. The number of alkyl halides is 3. The van der Waals surface area contributed by atoms with Crippen LogP contribution in [0.25, 0.3) is 10.4 Å². The van der Waals surface area contributed by atoms with Gasteiger partial charge in [0.2, 0.25) is 0 Å². The molecule has 2 aliphatic heterocycles. The molecule has 0 radical (unpaired) electrons. The molecule has 2 saturated heterocycles. The zero-order chi connectivity index (χ0) is 26.0. The zero-order valence-corrected chi connectivity index (χ0v) is 21.7. The van der Waals surface area contributed by atoms with E-state index in [1.165, 1.54) is 28.8 Å². The lowest BCUT2D eigenvalue weighted by atomic mass is 10.1. The molecular formula is C26H33F3N4O2S. The lowest BCUT2D eigenvalue weighted by molar-refractivity contribution is -0.146. The molecule has 3 heterocycles. The van der Waals surface area contributed by atoms with Crippen LogP contribution in [0.1, 0.15) is 35.0 Å². The van der Waals surface area contributed by atoms with E-state index in [1.807, 2.05) is 12.1 Å².